The lowest BCUT2D eigenvalue weighted by molar-refractivity contribution is -0.383. The Morgan fingerprint density at radius 2 is 1.96 bits per heavy atom. The van der Waals surface area contributed by atoms with Crippen LogP contribution in [0.1, 0.15) is 10.4 Å². The van der Waals surface area contributed by atoms with Gasteiger partial charge in [0.25, 0.3) is 5.69 Å². The summed E-state index contributed by atoms with van der Waals surface area (Å²) in [6.45, 7) is 0. The number of hydrogen-bond acceptors (Lipinski definition) is 6. The van der Waals surface area contributed by atoms with E-state index >= 15 is 0 Å². The average Bonchev–Trinajstić information content (AvgIpc) is 3.10. The van der Waals surface area contributed by atoms with E-state index < -0.39 is 10.9 Å². The number of aromatic amines is 1. The van der Waals surface area contributed by atoms with Crippen LogP contribution in [0, 0.1) is 10.1 Å². The summed E-state index contributed by atoms with van der Waals surface area (Å²) in [6, 6.07) is 15.4. The van der Waals surface area contributed by atoms with Crippen LogP contribution in [-0.2, 0) is 4.74 Å². The Bertz CT molecular complexity index is 921. The number of anilines is 2. The van der Waals surface area contributed by atoms with Crippen molar-refractivity contribution in [3.63, 3.8) is 0 Å². The first-order valence-corrected chi connectivity index (χ1v) is 7.33. The molecule has 1 heterocycles. The molecule has 0 saturated heterocycles. The zero-order valence-corrected chi connectivity index (χ0v) is 13.2. The highest BCUT2D eigenvalue weighted by Crippen LogP contribution is 2.29. The molecule has 0 radical (unpaired) electrons. The molecule has 3 rings (SSSR count). The highest BCUT2D eigenvalue weighted by Gasteiger charge is 2.19. The first kappa shape index (κ1) is 16.2. The minimum absolute atomic E-state index is 0.103. The lowest BCUT2D eigenvalue weighted by Gasteiger charge is -2.05. The van der Waals surface area contributed by atoms with Gasteiger partial charge in [-0.15, -0.1) is 0 Å². The molecule has 2 N–H and O–H groups in total. The van der Waals surface area contributed by atoms with Crippen LogP contribution < -0.4 is 5.32 Å². The molecule has 0 bridgehead atoms. The fourth-order valence-electron chi connectivity index (χ4n) is 2.32. The lowest BCUT2D eigenvalue weighted by atomic mass is 10.1. The molecule has 0 saturated carbocycles. The van der Waals surface area contributed by atoms with Gasteiger partial charge in [-0.1, -0.05) is 30.3 Å². The average molecular weight is 338 g/mol. The summed E-state index contributed by atoms with van der Waals surface area (Å²) >= 11 is 0. The molecule has 25 heavy (non-hydrogen) atoms. The smallest absolute Gasteiger partial charge is 0.338 e. The SMILES string of the molecule is COC(=O)c1ccc(Nc2cc(-c3ccccc3)[nH]n2)c([N+](=O)[O-])c1. The number of esters is 1. The number of carbonyl (C=O) groups is 1. The molecule has 2 aromatic carbocycles. The van der Waals surface area contributed by atoms with E-state index in [1.165, 1.54) is 25.3 Å². The van der Waals surface area contributed by atoms with Gasteiger partial charge in [-0.25, -0.2) is 4.79 Å². The summed E-state index contributed by atoms with van der Waals surface area (Å²) in [6.07, 6.45) is 0. The molecular weight excluding hydrogens is 324 g/mol. The summed E-state index contributed by atoms with van der Waals surface area (Å²) < 4.78 is 4.58. The van der Waals surface area contributed by atoms with Crippen molar-refractivity contribution in [1.29, 1.82) is 0 Å². The lowest BCUT2D eigenvalue weighted by Crippen LogP contribution is -2.04. The number of rotatable bonds is 5. The number of aromatic nitrogens is 2. The number of carbonyl (C=O) groups excluding carboxylic acids is 1. The highest BCUT2D eigenvalue weighted by atomic mass is 16.6. The first-order chi connectivity index (χ1) is 12.1. The zero-order valence-electron chi connectivity index (χ0n) is 13.2. The predicted octanol–water partition coefficient (Wildman–Crippen LogP) is 3.52. The monoisotopic (exact) mass is 338 g/mol. The van der Waals surface area contributed by atoms with Gasteiger partial charge in [-0.2, -0.15) is 5.10 Å². The van der Waals surface area contributed by atoms with Crippen molar-refractivity contribution in [2.45, 2.75) is 0 Å². The molecule has 1 aromatic heterocycles. The number of benzene rings is 2. The van der Waals surface area contributed by atoms with Crippen LogP contribution in [0.3, 0.4) is 0 Å². The molecular formula is C17H14N4O4. The molecule has 0 aliphatic heterocycles. The van der Waals surface area contributed by atoms with Crippen molar-refractivity contribution in [3.8, 4) is 11.3 Å². The molecule has 0 atom stereocenters. The van der Waals surface area contributed by atoms with E-state index in [-0.39, 0.29) is 16.9 Å². The maximum atomic E-state index is 11.5. The number of ether oxygens (including phenoxy) is 1. The Morgan fingerprint density at radius 3 is 2.64 bits per heavy atom. The largest absolute Gasteiger partial charge is 0.465 e. The van der Waals surface area contributed by atoms with E-state index in [1.54, 1.807) is 6.07 Å². The van der Waals surface area contributed by atoms with Crippen molar-refractivity contribution in [2.24, 2.45) is 0 Å². The molecule has 0 fully saturated rings. The van der Waals surface area contributed by atoms with Crippen LogP contribution in [0.15, 0.2) is 54.6 Å². The van der Waals surface area contributed by atoms with Gasteiger partial charge in [0.1, 0.15) is 5.69 Å². The summed E-state index contributed by atoms with van der Waals surface area (Å²) in [4.78, 5) is 22.3. The van der Waals surface area contributed by atoms with Crippen molar-refractivity contribution in [2.75, 3.05) is 12.4 Å². The van der Waals surface area contributed by atoms with Gasteiger partial charge < -0.3 is 10.1 Å². The molecule has 0 amide bonds. The van der Waals surface area contributed by atoms with Crippen molar-refractivity contribution < 1.29 is 14.5 Å². The van der Waals surface area contributed by atoms with Gasteiger partial charge in [0, 0.05) is 12.1 Å². The second-order valence-electron chi connectivity index (χ2n) is 5.14. The normalized spacial score (nSPS) is 10.3. The zero-order chi connectivity index (χ0) is 17.8. The quantitative estimate of drug-likeness (QED) is 0.418. The van der Waals surface area contributed by atoms with Crippen LogP contribution in [0.25, 0.3) is 11.3 Å². The number of H-pyrrole nitrogens is 1. The van der Waals surface area contributed by atoms with Gasteiger partial charge in [0.2, 0.25) is 0 Å². The van der Waals surface area contributed by atoms with Crippen LogP contribution >= 0.6 is 0 Å². The molecule has 0 aliphatic rings. The van der Waals surface area contributed by atoms with E-state index in [9.17, 15) is 14.9 Å². The number of hydrogen-bond donors (Lipinski definition) is 2. The Labute approximate surface area is 142 Å². The maximum absolute atomic E-state index is 11.5. The Balaban J connectivity index is 1.89. The summed E-state index contributed by atoms with van der Waals surface area (Å²) in [5.74, 6) is -0.214. The number of nitro groups is 1. The van der Waals surface area contributed by atoms with Gasteiger partial charge >= 0.3 is 5.97 Å². The second-order valence-corrected chi connectivity index (χ2v) is 5.14. The van der Waals surface area contributed by atoms with Gasteiger partial charge in [-0.05, 0) is 17.7 Å². The number of nitro benzene ring substituents is 1. The fourth-order valence-corrected chi connectivity index (χ4v) is 2.32. The Morgan fingerprint density at radius 1 is 1.20 bits per heavy atom. The first-order valence-electron chi connectivity index (χ1n) is 7.33. The van der Waals surface area contributed by atoms with Crippen molar-refractivity contribution in [3.05, 3.63) is 70.3 Å². The van der Waals surface area contributed by atoms with Crippen LogP contribution in [0.5, 0.6) is 0 Å². The highest BCUT2D eigenvalue weighted by molar-refractivity contribution is 5.91. The van der Waals surface area contributed by atoms with E-state index in [1.807, 2.05) is 30.3 Å². The number of methoxy groups -OCH3 is 1. The van der Waals surface area contributed by atoms with E-state index in [0.717, 1.165) is 11.3 Å². The molecule has 8 heteroatoms. The van der Waals surface area contributed by atoms with Crippen LogP contribution in [-0.4, -0.2) is 28.2 Å². The third-order valence-electron chi connectivity index (χ3n) is 3.54. The van der Waals surface area contributed by atoms with Gasteiger partial charge in [0.05, 0.1) is 23.3 Å². The standard InChI is InChI=1S/C17H14N4O4/c1-25-17(22)12-7-8-13(15(9-12)21(23)24)18-16-10-14(19-20-16)11-5-3-2-4-6-11/h2-10H,1H3,(H2,18,19,20). The molecule has 126 valence electrons. The Kier molecular flexibility index (Phi) is 4.42. The minimum atomic E-state index is -0.638. The van der Waals surface area contributed by atoms with E-state index in [2.05, 4.69) is 20.3 Å². The van der Waals surface area contributed by atoms with Crippen molar-refractivity contribution in [1.82, 2.24) is 10.2 Å². The van der Waals surface area contributed by atoms with Gasteiger partial charge in [-0.3, -0.25) is 15.2 Å². The van der Waals surface area contributed by atoms with Crippen LogP contribution in [0.2, 0.25) is 0 Å². The van der Waals surface area contributed by atoms with E-state index in [4.69, 9.17) is 0 Å². The third-order valence-corrected chi connectivity index (χ3v) is 3.54. The number of nitrogens with one attached hydrogen (secondary N) is 2. The molecule has 0 spiro atoms. The molecule has 0 aliphatic carbocycles. The van der Waals surface area contributed by atoms with E-state index in [0.29, 0.717) is 5.82 Å². The van der Waals surface area contributed by atoms with Crippen molar-refractivity contribution >= 4 is 23.2 Å². The Hall–Kier alpha value is -3.68. The summed E-state index contributed by atoms with van der Waals surface area (Å²) in [7, 11) is 1.22. The molecule has 0 unspecified atom stereocenters. The fraction of sp³-hybridized carbons (Fsp3) is 0.0588. The summed E-state index contributed by atoms with van der Waals surface area (Å²) in [5.41, 5.74) is 1.80. The minimum Gasteiger partial charge on any atom is -0.465 e. The maximum Gasteiger partial charge on any atom is 0.338 e. The third kappa shape index (κ3) is 3.47. The predicted molar refractivity (Wildman–Crippen MR) is 91.7 cm³/mol. The topological polar surface area (TPSA) is 110 Å². The molecule has 3 aromatic rings. The summed E-state index contributed by atoms with van der Waals surface area (Å²) in [5, 5.41) is 21.2. The number of nitrogens with zero attached hydrogens (tertiary/aromatic N) is 2. The molecule has 8 nitrogen and oxygen atoms in total. The van der Waals surface area contributed by atoms with Gasteiger partial charge in [0.15, 0.2) is 5.82 Å². The van der Waals surface area contributed by atoms with Crippen LogP contribution in [0.4, 0.5) is 17.2 Å². The second kappa shape index (κ2) is 6.83.